The Labute approximate surface area is 109 Å². The summed E-state index contributed by atoms with van der Waals surface area (Å²) in [7, 11) is -3.61. The number of anilines is 1. The van der Waals surface area contributed by atoms with Gasteiger partial charge in [-0.2, -0.15) is 0 Å². The van der Waals surface area contributed by atoms with Gasteiger partial charge in [0.2, 0.25) is 5.13 Å². The molecule has 0 unspecified atom stereocenters. The van der Waals surface area contributed by atoms with E-state index in [9.17, 15) is 8.42 Å². The van der Waals surface area contributed by atoms with E-state index in [0.717, 1.165) is 11.3 Å². The van der Waals surface area contributed by atoms with Crippen LogP contribution >= 0.6 is 11.3 Å². The molecule has 8 heteroatoms. The van der Waals surface area contributed by atoms with Crippen molar-refractivity contribution in [3.63, 3.8) is 0 Å². The van der Waals surface area contributed by atoms with Crippen LogP contribution in [-0.2, 0) is 10.0 Å². The van der Waals surface area contributed by atoms with Gasteiger partial charge in [-0.15, -0.1) is 5.10 Å². The molecule has 1 heterocycles. The molecule has 0 fully saturated rings. The van der Waals surface area contributed by atoms with E-state index in [-0.39, 0.29) is 10.0 Å². The molecule has 1 aromatic carbocycles. The van der Waals surface area contributed by atoms with Gasteiger partial charge in [-0.3, -0.25) is 4.72 Å². The molecule has 1 N–H and O–H groups in total. The summed E-state index contributed by atoms with van der Waals surface area (Å²) in [5, 5.41) is 7.92. The number of hydrogen-bond donors (Lipinski definition) is 1. The Morgan fingerprint density at radius 1 is 1.28 bits per heavy atom. The van der Waals surface area contributed by atoms with Crippen LogP contribution in [0, 0.1) is 0 Å². The molecular formula is C10H11N3O3S2. The Kier molecular flexibility index (Phi) is 3.78. The molecule has 0 aliphatic heterocycles. The average molecular weight is 285 g/mol. The first kappa shape index (κ1) is 12.8. The molecule has 0 atom stereocenters. The molecule has 18 heavy (non-hydrogen) atoms. The van der Waals surface area contributed by atoms with Crippen molar-refractivity contribution in [2.45, 2.75) is 11.8 Å². The van der Waals surface area contributed by atoms with Crippen LogP contribution in [0.5, 0.6) is 5.19 Å². The van der Waals surface area contributed by atoms with Crippen molar-refractivity contribution in [3.05, 3.63) is 30.3 Å². The Bertz CT molecular complexity index is 610. The molecule has 1 aromatic heterocycles. The summed E-state index contributed by atoms with van der Waals surface area (Å²) < 4.78 is 31.4. The summed E-state index contributed by atoms with van der Waals surface area (Å²) in [5.74, 6) is 0. The first-order valence-corrected chi connectivity index (χ1v) is 7.46. The molecule has 0 radical (unpaired) electrons. The molecule has 6 nitrogen and oxygen atoms in total. The van der Waals surface area contributed by atoms with E-state index in [1.165, 1.54) is 12.1 Å². The molecule has 96 valence electrons. The van der Waals surface area contributed by atoms with Gasteiger partial charge in [0.05, 0.1) is 11.5 Å². The van der Waals surface area contributed by atoms with Gasteiger partial charge in [0.25, 0.3) is 15.2 Å². The van der Waals surface area contributed by atoms with E-state index in [2.05, 4.69) is 14.9 Å². The first-order chi connectivity index (χ1) is 8.62. The zero-order valence-corrected chi connectivity index (χ0v) is 11.2. The smallest absolute Gasteiger partial charge is 0.295 e. The Morgan fingerprint density at radius 3 is 2.67 bits per heavy atom. The number of aromatic nitrogens is 2. The van der Waals surface area contributed by atoms with E-state index in [0.29, 0.717) is 11.8 Å². The maximum atomic E-state index is 12.0. The average Bonchev–Trinajstić information content (AvgIpc) is 2.77. The minimum atomic E-state index is -3.61. The van der Waals surface area contributed by atoms with Crippen molar-refractivity contribution in [2.24, 2.45) is 0 Å². The highest BCUT2D eigenvalue weighted by Gasteiger charge is 2.16. The van der Waals surface area contributed by atoms with Gasteiger partial charge >= 0.3 is 0 Å². The van der Waals surface area contributed by atoms with Gasteiger partial charge < -0.3 is 4.74 Å². The highest BCUT2D eigenvalue weighted by molar-refractivity contribution is 7.93. The Morgan fingerprint density at radius 2 is 2.00 bits per heavy atom. The van der Waals surface area contributed by atoms with Crippen LogP contribution in [0.4, 0.5) is 5.13 Å². The second kappa shape index (κ2) is 5.32. The monoisotopic (exact) mass is 285 g/mol. The lowest BCUT2D eigenvalue weighted by atomic mass is 10.4. The molecule has 0 bridgehead atoms. The van der Waals surface area contributed by atoms with Crippen molar-refractivity contribution in [1.29, 1.82) is 0 Å². The molecule has 0 aliphatic rings. The van der Waals surface area contributed by atoms with Crippen LogP contribution in [-0.4, -0.2) is 25.2 Å². The molecule has 0 saturated heterocycles. The summed E-state index contributed by atoms with van der Waals surface area (Å²) in [6.45, 7) is 2.27. The van der Waals surface area contributed by atoms with Gasteiger partial charge in [-0.25, -0.2) is 8.42 Å². The largest absolute Gasteiger partial charge is 0.469 e. The fourth-order valence-electron chi connectivity index (χ4n) is 1.21. The van der Waals surface area contributed by atoms with Crippen LogP contribution in [0.15, 0.2) is 35.2 Å². The molecule has 0 amide bonds. The van der Waals surface area contributed by atoms with E-state index >= 15 is 0 Å². The number of hydrogen-bond acceptors (Lipinski definition) is 6. The van der Waals surface area contributed by atoms with Gasteiger partial charge in [-0.05, 0) is 30.4 Å². The highest BCUT2D eigenvalue weighted by Crippen LogP contribution is 2.24. The van der Waals surface area contributed by atoms with Gasteiger partial charge in [0, 0.05) is 0 Å². The normalized spacial score (nSPS) is 11.2. The first-order valence-electron chi connectivity index (χ1n) is 5.16. The lowest BCUT2D eigenvalue weighted by Gasteiger charge is -2.03. The quantitative estimate of drug-likeness (QED) is 0.905. The maximum Gasteiger partial charge on any atom is 0.295 e. The predicted molar refractivity (Wildman–Crippen MR) is 68.3 cm³/mol. The third-order valence-corrected chi connectivity index (χ3v) is 4.18. The predicted octanol–water partition coefficient (Wildman–Crippen LogP) is 1.74. The highest BCUT2D eigenvalue weighted by atomic mass is 32.2. The lowest BCUT2D eigenvalue weighted by Crippen LogP contribution is -2.12. The summed E-state index contributed by atoms with van der Waals surface area (Å²) in [6.07, 6.45) is 0. The zero-order valence-electron chi connectivity index (χ0n) is 9.53. The van der Waals surface area contributed by atoms with Crippen LogP contribution in [0.2, 0.25) is 0 Å². The number of benzene rings is 1. The van der Waals surface area contributed by atoms with Gasteiger partial charge in [0.15, 0.2) is 0 Å². The number of nitrogens with zero attached hydrogens (tertiary/aromatic N) is 2. The third kappa shape index (κ3) is 2.96. The van der Waals surface area contributed by atoms with E-state index in [1.54, 1.807) is 18.2 Å². The molecule has 2 aromatic rings. The fourth-order valence-corrected chi connectivity index (χ4v) is 3.11. The maximum absolute atomic E-state index is 12.0. The van der Waals surface area contributed by atoms with Crippen LogP contribution in [0.3, 0.4) is 0 Å². The van der Waals surface area contributed by atoms with Gasteiger partial charge in [-0.1, -0.05) is 23.3 Å². The van der Waals surface area contributed by atoms with Crippen molar-refractivity contribution in [1.82, 2.24) is 10.2 Å². The standard InChI is InChI=1S/C10H11N3O3S2/c1-2-16-10-12-11-9(17-10)13-18(14,15)8-6-4-3-5-7-8/h3-7H,2H2,1H3,(H,11,13). The Hall–Kier alpha value is -1.67. The second-order valence-corrected chi connectivity index (χ2v) is 5.85. The van der Waals surface area contributed by atoms with E-state index in [4.69, 9.17) is 4.74 Å². The van der Waals surface area contributed by atoms with E-state index in [1.807, 2.05) is 6.92 Å². The zero-order chi connectivity index (χ0) is 13.0. The van der Waals surface area contributed by atoms with Crippen LogP contribution in [0.1, 0.15) is 6.92 Å². The minimum Gasteiger partial charge on any atom is -0.469 e. The lowest BCUT2D eigenvalue weighted by molar-refractivity contribution is 0.335. The topological polar surface area (TPSA) is 81.2 Å². The summed E-state index contributed by atoms with van der Waals surface area (Å²) in [5.41, 5.74) is 0. The van der Waals surface area contributed by atoms with Crippen molar-refractivity contribution in [2.75, 3.05) is 11.3 Å². The van der Waals surface area contributed by atoms with Crippen molar-refractivity contribution < 1.29 is 13.2 Å². The van der Waals surface area contributed by atoms with Crippen molar-refractivity contribution in [3.8, 4) is 5.19 Å². The Balaban J connectivity index is 2.17. The number of rotatable bonds is 5. The molecule has 0 aliphatic carbocycles. The summed E-state index contributed by atoms with van der Waals surface area (Å²) >= 11 is 1.04. The number of nitrogens with one attached hydrogen (secondary N) is 1. The second-order valence-electron chi connectivity index (χ2n) is 3.22. The molecule has 0 spiro atoms. The summed E-state index contributed by atoms with van der Waals surface area (Å²) in [6, 6.07) is 8.07. The number of ether oxygens (including phenoxy) is 1. The van der Waals surface area contributed by atoms with Crippen LogP contribution in [0.25, 0.3) is 0 Å². The number of sulfonamides is 1. The molecule has 2 rings (SSSR count). The van der Waals surface area contributed by atoms with Gasteiger partial charge in [0.1, 0.15) is 0 Å². The van der Waals surface area contributed by atoms with Crippen LogP contribution < -0.4 is 9.46 Å². The van der Waals surface area contributed by atoms with Crippen molar-refractivity contribution >= 4 is 26.5 Å². The fraction of sp³-hybridized carbons (Fsp3) is 0.200. The minimum absolute atomic E-state index is 0.179. The third-order valence-electron chi connectivity index (χ3n) is 1.95. The SMILES string of the molecule is CCOc1nnc(NS(=O)(=O)c2ccccc2)s1. The summed E-state index contributed by atoms with van der Waals surface area (Å²) in [4.78, 5) is 0.179. The molecule has 0 saturated carbocycles. The molecular weight excluding hydrogens is 274 g/mol. The van der Waals surface area contributed by atoms with E-state index < -0.39 is 10.0 Å².